The van der Waals surface area contributed by atoms with Gasteiger partial charge in [-0.05, 0) is 37.3 Å². The molecule has 0 aliphatic heterocycles. The zero-order chi connectivity index (χ0) is 19.0. The second kappa shape index (κ2) is 6.71. The third-order valence-electron chi connectivity index (χ3n) is 4.44. The molecule has 132 valence electrons. The Labute approximate surface area is 159 Å². The Kier molecular flexibility index (Phi) is 4.22. The number of rotatable bonds is 3. The monoisotopic (exact) mass is 373 g/mol. The highest BCUT2D eigenvalue weighted by Crippen LogP contribution is 2.31. The second-order valence-corrected chi connectivity index (χ2v) is 7.12. The summed E-state index contributed by atoms with van der Waals surface area (Å²) in [7, 11) is 0. The predicted octanol–water partition coefficient (Wildman–Crippen LogP) is 4.36. The van der Waals surface area contributed by atoms with E-state index in [1.165, 1.54) is 11.3 Å². The lowest BCUT2D eigenvalue weighted by Crippen LogP contribution is -2.19. The van der Waals surface area contributed by atoms with Gasteiger partial charge in [-0.25, -0.2) is 0 Å². The molecular formula is C21H15N3O2S. The van der Waals surface area contributed by atoms with E-state index in [1.54, 1.807) is 34.9 Å². The highest BCUT2D eigenvalue weighted by Gasteiger charge is 2.17. The van der Waals surface area contributed by atoms with Gasteiger partial charge in [-0.3, -0.25) is 9.59 Å². The Hall–Kier alpha value is -3.43. The minimum absolute atomic E-state index is 0.0898. The molecule has 1 N–H and O–H groups in total. The minimum Gasteiger partial charge on any atom is -0.321 e. The van der Waals surface area contributed by atoms with Gasteiger partial charge in [0.25, 0.3) is 11.5 Å². The number of hydrogen-bond acceptors (Lipinski definition) is 4. The SMILES string of the molecule is CCn1c(=O)c2cc(C(=O)Nc3cccc(C#N)c3)sc2c2ccccc21. The first-order valence-electron chi connectivity index (χ1n) is 8.49. The second-order valence-electron chi connectivity index (χ2n) is 6.07. The highest BCUT2D eigenvalue weighted by molar-refractivity contribution is 7.21. The predicted molar refractivity (Wildman–Crippen MR) is 108 cm³/mol. The molecular weight excluding hydrogens is 358 g/mol. The lowest BCUT2D eigenvalue weighted by Gasteiger charge is -2.08. The quantitative estimate of drug-likeness (QED) is 0.580. The van der Waals surface area contributed by atoms with E-state index in [-0.39, 0.29) is 11.5 Å². The zero-order valence-corrected chi connectivity index (χ0v) is 15.3. The molecule has 0 atom stereocenters. The normalized spacial score (nSPS) is 10.8. The van der Waals surface area contributed by atoms with Crippen LogP contribution in [0.3, 0.4) is 0 Å². The Morgan fingerprint density at radius 3 is 2.74 bits per heavy atom. The molecule has 0 fully saturated rings. The molecule has 0 aliphatic carbocycles. The van der Waals surface area contributed by atoms with Crippen molar-refractivity contribution in [2.24, 2.45) is 0 Å². The largest absolute Gasteiger partial charge is 0.321 e. The smallest absolute Gasteiger partial charge is 0.265 e. The summed E-state index contributed by atoms with van der Waals surface area (Å²) in [6.07, 6.45) is 0. The summed E-state index contributed by atoms with van der Waals surface area (Å²) in [5.41, 5.74) is 1.80. The lowest BCUT2D eigenvalue weighted by molar-refractivity contribution is 0.103. The number of nitriles is 1. The zero-order valence-electron chi connectivity index (χ0n) is 14.5. The number of carbonyl (C=O) groups is 1. The van der Waals surface area contributed by atoms with E-state index in [9.17, 15) is 9.59 Å². The van der Waals surface area contributed by atoms with Gasteiger partial charge in [0.15, 0.2) is 0 Å². The van der Waals surface area contributed by atoms with Crippen LogP contribution in [0.4, 0.5) is 5.69 Å². The molecule has 0 saturated carbocycles. The van der Waals surface area contributed by atoms with Crippen molar-refractivity contribution in [1.29, 1.82) is 5.26 Å². The Morgan fingerprint density at radius 1 is 1.15 bits per heavy atom. The number of para-hydroxylation sites is 1. The first-order chi connectivity index (χ1) is 13.1. The topological polar surface area (TPSA) is 74.9 Å². The number of thiophene rings is 1. The standard InChI is InChI=1S/C21H15N3O2S/c1-2-24-17-9-4-3-8-15(17)19-16(21(24)26)11-18(27-19)20(25)23-14-7-5-6-13(10-14)12-22/h3-11H,2H2,1H3,(H,23,25). The molecule has 2 aromatic carbocycles. The van der Waals surface area contributed by atoms with Gasteiger partial charge in [-0.15, -0.1) is 11.3 Å². The van der Waals surface area contributed by atoms with E-state index in [1.807, 2.05) is 37.3 Å². The van der Waals surface area contributed by atoms with Crippen LogP contribution in [-0.2, 0) is 6.54 Å². The van der Waals surface area contributed by atoms with Crippen molar-refractivity contribution in [2.45, 2.75) is 13.5 Å². The number of benzene rings is 2. The van der Waals surface area contributed by atoms with Gasteiger partial charge in [0, 0.05) is 22.3 Å². The summed E-state index contributed by atoms with van der Waals surface area (Å²) in [5.74, 6) is -0.294. The van der Waals surface area contributed by atoms with E-state index >= 15 is 0 Å². The van der Waals surface area contributed by atoms with Crippen LogP contribution in [0.5, 0.6) is 0 Å². The van der Waals surface area contributed by atoms with Gasteiger partial charge < -0.3 is 9.88 Å². The fourth-order valence-corrected chi connectivity index (χ4v) is 4.27. The molecule has 4 rings (SSSR count). The van der Waals surface area contributed by atoms with Crippen LogP contribution in [0.1, 0.15) is 22.2 Å². The first-order valence-corrected chi connectivity index (χ1v) is 9.30. The molecule has 1 amide bonds. The maximum absolute atomic E-state index is 12.9. The number of aromatic nitrogens is 1. The number of pyridine rings is 1. The number of amides is 1. The molecule has 27 heavy (non-hydrogen) atoms. The van der Waals surface area contributed by atoms with Gasteiger partial charge in [0.05, 0.1) is 27.4 Å². The molecule has 2 aromatic heterocycles. The molecule has 0 radical (unpaired) electrons. The van der Waals surface area contributed by atoms with Gasteiger partial charge in [-0.1, -0.05) is 24.3 Å². The average molecular weight is 373 g/mol. The van der Waals surface area contributed by atoms with E-state index in [0.717, 1.165) is 15.6 Å². The van der Waals surface area contributed by atoms with Crippen LogP contribution in [0.2, 0.25) is 0 Å². The molecule has 0 spiro atoms. The van der Waals surface area contributed by atoms with Crippen LogP contribution in [0, 0.1) is 11.3 Å². The van der Waals surface area contributed by atoms with Crippen molar-refractivity contribution in [2.75, 3.05) is 5.32 Å². The summed E-state index contributed by atoms with van der Waals surface area (Å²) in [4.78, 5) is 26.0. The number of nitrogens with one attached hydrogen (secondary N) is 1. The Bertz CT molecular complexity index is 1290. The summed E-state index contributed by atoms with van der Waals surface area (Å²) in [6.45, 7) is 2.50. The number of carbonyl (C=O) groups excluding carboxylic acids is 1. The van der Waals surface area contributed by atoms with Crippen molar-refractivity contribution in [3.63, 3.8) is 0 Å². The third-order valence-corrected chi connectivity index (χ3v) is 5.60. The van der Waals surface area contributed by atoms with Crippen LogP contribution in [0.25, 0.3) is 21.0 Å². The van der Waals surface area contributed by atoms with Crippen molar-refractivity contribution in [1.82, 2.24) is 4.57 Å². The maximum Gasteiger partial charge on any atom is 0.265 e. The van der Waals surface area contributed by atoms with E-state index in [2.05, 4.69) is 5.32 Å². The first kappa shape index (κ1) is 17.0. The molecule has 0 unspecified atom stereocenters. The van der Waals surface area contributed by atoms with Gasteiger partial charge in [0.1, 0.15) is 0 Å². The minimum atomic E-state index is -0.294. The van der Waals surface area contributed by atoms with Crippen molar-refractivity contribution in [3.8, 4) is 6.07 Å². The van der Waals surface area contributed by atoms with Gasteiger partial charge >= 0.3 is 0 Å². The average Bonchev–Trinajstić information content (AvgIpc) is 3.15. The third kappa shape index (κ3) is 2.88. The molecule has 0 saturated heterocycles. The van der Waals surface area contributed by atoms with Gasteiger partial charge in [-0.2, -0.15) is 5.26 Å². The number of fused-ring (bicyclic) bond motifs is 3. The molecule has 5 nitrogen and oxygen atoms in total. The van der Waals surface area contributed by atoms with E-state index in [0.29, 0.717) is 28.1 Å². The molecule has 0 aliphatic rings. The van der Waals surface area contributed by atoms with Crippen LogP contribution in [-0.4, -0.2) is 10.5 Å². The molecule has 0 bridgehead atoms. The lowest BCUT2D eigenvalue weighted by atomic mass is 10.1. The number of hydrogen-bond donors (Lipinski definition) is 1. The van der Waals surface area contributed by atoms with Crippen molar-refractivity contribution in [3.05, 3.63) is 75.4 Å². The van der Waals surface area contributed by atoms with E-state index < -0.39 is 0 Å². The van der Waals surface area contributed by atoms with Crippen LogP contribution in [0.15, 0.2) is 59.4 Å². The molecule has 4 aromatic rings. The van der Waals surface area contributed by atoms with Crippen molar-refractivity contribution >= 4 is 43.9 Å². The fraction of sp³-hybridized carbons (Fsp3) is 0.0952. The summed E-state index contributed by atoms with van der Waals surface area (Å²) >= 11 is 1.31. The van der Waals surface area contributed by atoms with Crippen molar-refractivity contribution < 1.29 is 4.79 Å². The Balaban J connectivity index is 1.83. The number of aryl methyl sites for hydroxylation is 1. The summed E-state index contributed by atoms with van der Waals surface area (Å²) in [5, 5.41) is 13.3. The number of nitrogens with zero attached hydrogens (tertiary/aromatic N) is 2. The van der Waals surface area contributed by atoms with E-state index in [4.69, 9.17) is 5.26 Å². The summed E-state index contributed by atoms with van der Waals surface area (Å²) in [6, 6.07) is 18.2. The fourth-order valence-electron chi connectivity index (χ4n) is 3.19. The Morgan fingerprint density at radius 2 is 1.96 bits per heavy atom. The van der Waals surface area contributed by atoms with Gasteiger partial charge in [0.2, 0.25) is 0 Å². The summed E-state index contributed by atoms with van der Waals surface area (Å²) < 4.78 is 2.54. The van der Waals surface area contributed by atoms with Crippen LogP contribution < -0.4 is 10.9 Å². The maximum atomic E-state index is 12.9. The highest BCUT2D eigenvalue weighted by atomic mass is 32.1. The molecule has 2 heterocycles. The molecule has 6 heteroatoms. The number of anilines is 1. The van der Waals surface area contributed by atoms with Crippen LogP contribution >= 0.6 is 11.3 Å².